The first-order chi connectivity index (χ1) is 11.3. The lowest BCUT2D eigenvalue weighted by Crippen LogP contribution is -2.49. The number of hydrogen-bond donors (Lipinski definition) is 0. The highest BCUT2D eigenvalue weighted by molar-refractivity contribution is 7.90. The van der Waals surface area contributed by atoms with Gasteiger partial charge in [0.2, 0.25) is 0 Å². The first-order valence-electron chi connectivity index (χ1n) is 7.85. The molecular formula is C17H20ClFN2O2S. The van der Waals surface area contributed by atoms with Crippen LogP contribution in [0.3, 0.4) is 0 Å². The van der Waals surface area contributed by atoms with Crippen LogP contribution >= 0.6 is 11.6 Å². The molecule has 0 bridgehead atoms. The van der Waals surface area contributed by atoms with Crippen molar-refractivity contribution in [3.05, 3.63) is 35.1 Å². The second-order valence-corrected chi connectivity index (χ2v) is 9.22. The van der Waals surface area contributed by atoms with E-state index < -0.39 is 16.5 Å². The van der Waals surface area contributed by atoms with Crippen LogP contribution in [0.5, 0.6) is 0 Å². The molecule has 0 spiro atoms. The van der Waals surface area contributed by atoms with Crippen LogP contribution in [0.15, 0.2) is 24.4 Å². The Morgan fingerprint density at radius 2 is 2.08 bits per heavy atom. The van der Waals surface area contributed by atoms with E-state index in [1.807, 2.05) is 19.1 Å². The Kier molecular flexibility index (Phi) is 4.71. The van der Waals surface area contributed by atoms with Crippen LogP contribution < -0.4 is 4.90 Å². The number of benzene rings is 1. The molecule has 0 N–H and O–H groups in total. The lowest BCUT2D eigenvalue weighted by molar-refractivity contribution is 0.444. The molecule has 4 nitrogen and oxygen atoms in total. The predicted octanol–water partition coefficient (Wildman–Crippen LogP) is 3.44. The SMILES string of the molecule is CC(CF)c1ccc(N2CC(CS(C)(=O)=O)C2)c2cnc(Cl)cc12. The van der Waals surface area contributed by atoms with Gasteiger partial charge >= 0.3 is 0 Å². The van der Waals surface area contributed by atoms with E-state index >= 15 is 0 Å². The van der Waals surface area contributed by atoms with E-state index in [1.165, 1.54) is 6.26 Å². The Morgan fingerprint density at radius 1 is 1.38 bits per heavy atom. The monoisotopic (exact) mass is 370 g/mol. The Hall–Kier alpha value is -1.40. The zero-order valence-corrected chi connectivity index (χ0v) is 15.2. The molecule has 1 unspecified atom stereocenters. The number of aromatic nitrogens is 1. The third-order valence-corrected chi connectivity index (χ3v) is 5.76. The predicted molar refractivity (Wildman–Crippen MR) is 96.6 cm³/mol. The van der Waals surface area contributed by atoms with Crippen molar-refractivity contribution in [2.45, 2.75) is 12.8 Å². The van der Waals surface area contributed by atoms with E-state index in [0.29, 0.717) is 18.2 Å². The largest absolute Gasteiger partial charge is 0.370 e. The molecule has 1 saturated heterocycles. The summed E-state index contributed by atoms with van der Waals surface area (Å²) in [6.07, 6.45) is 2.98. The third-order valence-electron chi connectivity index (χ3n) is 4.48. The van der Waals surface area contributed by atoms with Crippen LogP contribution in [-0.4, -0.2) is 45.2 Å². The van der Waals surface area contributed by atoms with Crippen LogP contribution in [-0.2, 0) is 9.84 Å². The van der Waals surface area contributed by atoms with Crippen LogP contribution in [0.4, 0.5) is 10.1 Å². The van der Waals surface area contributed by atoms with Gasteiger partial charge in [-0.05, 0) is 23.1 Å². The fraction of sp³-hybridized carbons (Fsp3) is 0.471. The number of alkyl halides is 1. The maximum absolute atomic E-state index is 13.1. The quantitative estimate of drug-likeness (QED) is 0.756. The van der Waals surface area contributed by atoms with Gasteiger partial charge in [-0.15, -0.1) is 0 Å². The van der Waals surface area contributed by atoms with Crippen molar-refractivity contribution in [3.63, 3.8) is 0 Å². The molecule has 0 amide bonds. The highest BCUT2D eigenvalue weighted by Crippen LogP contribution is 2.36. The van der Waals surface area contributed by atoms with E-state index in [0.717, 1.165) is 22.0 Å². The number of nitrogens with zero attached hydrogens (tertiary/aromatic N) is 2. The van der Waals surface area contributed by atoms with Crippen LogP contribution in [0.1, 0.15) is 18.4 Å². The Morgan fingerprint density at radius 3 is 2.71 bits per heavy atom. The summed E-state index contributed by atoms with van der Waals surface area (Å²) in [6, 6.07) is 5.67. The van der Waals surface area contributed by atoms with Gasteiger partial charge in [0.1, 0.15) is 15.0 Å². The van der Waals surface area contributed by atoms with Gasteiger partial charge in [-0.2, -0.15) is 0 Å². The van der Waals surface area contributed by atoms with Gasteiger partial charge in [-0.25, -0.2) is 13.4 Å². The molecule has 24 heavy (non-hydrogen) atoms. The van der Waals surface area contributed by atoms with Gasteiger partial charge in [0.25, 0.3) is 0 Å². The molecule has 0 radical (unpaired) electrons. The molecule has 0 saturated carbocycles. The van der Waals surface area contributed by atoms with Crippen LogP contribution in [0.25, 0.3) is 10.8 Å². The Balaban J connectivity index is 1.94. The standard InChI is InChI=1S/C17H20ClFN2O2S/c1-11(6-19)13-3-4-16(15-7-20-17(18)5-14(13)15)21-8-12(9-21)10-24(2,22)23/h3-5,7,11-12H,6,8-10H2,1-2H3. The van der Waals surface area contributed by atoms with Gasteiger partial charge in [0.15, 0.2) is 0 Å². The second-order valence-electron chi connectivity index (χ2n) is 6.65. The summed E-state index contributed by atoms with van der Waals surface area (Å²) < 4.78 is 35.9. The number of sulfone groups is 1. The van der Waals surface area contributed by atoms with Crippen molar-refractivity contribution in [1.82, 2.24) is 4.98 Å². The summed E-state index contributed by atoms with van der Waals surface area (Å²) in [5.41, 5.74) is 1.91. The second kappa shape index (κ2) is 6.48. The number of halogens is 2. The molecule has 1 aromatic heterocycles. The van der Waals surface area contributed by atoms with Crippen molar-refractivity contribution in [1.29, 1.82) is 0 Å². The molecular weight excluding hydrogens is 351 g/mol. The van der Waals surface area contributed by atoms with Crippen molar-refractivity contribution in [2.75, 3.05) is 36.7 Å². The highest BCUT2D eigenvalue weighted by Gasteiger charge is 2.31. The topological polar surface area (TPSA) is 50.3 Å². The summed E-state index contributed by atoms with van der Waals surface area (Å²) in [7, 11) is -2.96. The summed E-state index contributed by atoms with van der Waals surface area (Å²) in [4.78, 5) is 6.30. The Labute approximate surface area is 146 Å². The molecule has 1 fully saturated rings. The zero-order chi connectivity index (χ0) is 17.5. The lowest BCUT2D eigenvalue weighted by Gasteiger charge is -2.41. The molecule has 2 aromatic rings. The lowest BCUT2D eigenvalue weighted by atomic mass is 9.93. The Bertz CT molecular complexity index is 866. The number of rotatable bonds is 5. The first-order valence-corrected chi connectivity index (χ1v) is 10.3. The molecule has 1 aromatic carbocycles. The average molecular weight is 371 g/mol. The number of fused-ring (bicyclic) bond motifs is 1. The van der Waals surface area contributed by atoms with Gasteiger partial charge in [0.05, 0.1) is 12.4 Å². The number of anilines is 1. The third kappa shape index (κ3) is 3.49. The van der Waals surface area contributed by atoms with Crippen LogP contribution in [0.2, 0.25) is 5.15 Å². The maximum atomic E-state index is 13.1. The van der Waals surface area contributed by atoms with E-state index in [9.17, 15) is 12.8 Å². The minimum absolute atomic E-state index is 0.153. The minimum Gasteiger partial charge on any atom is -0.370 e. The van der Waals surface area contributed by atoms with E-state index in [-0.39, 0.29) is 17.6 Å². The van der Waals surface area contributed by atoms with Crippen molar-refractivity contribution < 1.29 is 12.8 Å². The van der Waals surface area contributed by atoms with Crippen molar-refractivity contribution >= 4 is 37.9 Å². The van der Waals surface area contributed by atoms with Gasteiger partial charge in [0, 0.05) is 48.5 Å². The van der Waals surface area contributed by atoms with Gasteiger partial charge in [-0.1, -0.05) is 24.6 Å². The normalized spacial score (nSPS) is 17.1. The van der Waals surface area contributed by atoms with Crippen LogP contribution in [0, 0.1) is 5.92 Å². The molecule has 0 aliphatic carbocycles. The summed E-state index contributed by atoms with van der Waals surface area (Å²) in [6.45, 7) is 2.80. The molecule has 7 heteroatoms. The maximum Gasteiger partial charge on any atom is 0.147 e. The summed E-state index contributed by atoms with van der Waals surface area (Å²) in [5.74, 6) is 0.150. The highest BCUT2D eigenvalue weighted by atomic mass is 35.5. The number of hydrogen-bond acceptors (Lipinski definition) is 4. The fourth-order valence-electron chi connectivity index (χ4n) is 3.31. The van der Waals surface area contributed by atoms with Gasteiger partial charge < -0.3 is 4.90 Å². The average Bonchev–Trinajstić information content (AvgIpc) is 2.48. The molecule has 3 rings (SSSR count). The van der Waals surface area contributed by atoms with Crippen molar-refractivity contribution in [3.8, 4) is 0 Å². The molecule has 1 aliphatic rings. The molecule has 2 heterocycles. The van der Waals surface area contributed by atoms with E-state index in [4.69, 9.17) is 11.6 Å². The zero-order valence-electron chi connectivity index (χ0n) is 13.7. The van der Waals surface area contributed by atoms with Crippen molar-refractivity contribution in [2.24, 2.45) is 5.92 Å². The minimum atomic E-state index is -2.96. The molecule has 130 valence electrons. The first kappa shape index (κ1) is 17.4. The number of pyridine rings is 1. The molecule has 1 aliphatic heterocycles. The molecule has 1 atom stereocenters. The van der Waals surface area contributed by atoms with Gasteiger partial charge in [-0.3, -0.25) is 4.39 Å². The van der Waals surface area contributed by atoms with E-state index in [1.54, 1.807) is 12.3 Å². The fourth-order valence-corrected chi connectivity index (χ4v) is 4.53. The summed E-state index contributed by atoms with van der Waals surface area (Å²) >= 11 is 6.03. The smallest absolute Gasteiger partial charge is 0.147 e. The van der Waals surface area contributed by atoms with E-state index in [2.05, 4.69) is 9.88 Å². The summed E-state index contributed by atoms with van der Waals surface area (Å²) in [5, 5.41) is 2.21.